The lowest BCUT2D eigenvalue weighted by atomic mass is 9.97. The molecule has 7 heteroatoms. The molecule has 1 unspecified atom stereocenters. The maximum absolute atomic E-state index is 12.7. The van der Waals surface area contributed by atoms with Gasteiger partial charge in [0.2, 0.25) is 0 Å². The summed E-state index contributed by atoms with van der Waals surface area (Å²) < 4.78 is 38.1. The molecule has 0 fully saturated rings. The molecule has 6 N–H and O–H groups in total. The van der Waals surface area contributed by atoms with Gasteiger partial charge in [0.15, 0.2) is 0 Å². The predicted octanol–water partition coefficient (Wildman–Crippen LogP) is 2.01. The normalized spacial score (nSPS) is 14.5. The summed E-state index contributed by atoms with van der Waals surface area (Å²) in [5, 5.41) is 0.554. The van der Waals surface area contributed by atoms with Crippen molar-refractivity contribution < 1.29 is 13.2 Å². The molecule has 2 rings (SSSR count). The van der Waals surface area contributed by atoms with Crippen LogP contribution in [0.2, 0.25) is 0 Å². The Bertz CT molecular complexity index is 664. The molecule has 1 aromatic heterocycles. The van der Waals surface area contributed by atoms with Crippen molar-refractivity contribution in [3.05, 3.63) is 42.2 Å². The fourth-order valence-corrected chi connectivity index (χ4v) is 1.90. The van der Waals surface area contributed by atoms with Crippen molar-refractivity contribution in [2.75, 3.05) is 5.73 Å². The van der Waals surface area contributed by atoms with E-state index in [9.17, 15) is 13.2 Å². The molecule has 0 aliphatic carbocycles. The van der Waals surface area contributed by atoms with E-state index in [1.165, 1.54) is 18.3 Å². The van der Waals surface area contributed by atoms with Crippen LogP contribution in [0.4, 0.5) is 18.9 Å². The fourth-order valence-electron chi connectivity index (χ4n) is 1.90. The summed E-state index contributed by atoms with van der Waals surface area (Å²) in [5.74, 6) is 0. The van der Waals surface area contributed by atoms with Crippen LogP contribution in [0.5, 0.6) is 0 Å². The van der Waals surface area contributed by atoms with Crippen LogP contribution >= 0.6 is 0 Å². The zero-order valence-electron chi connectivity index (χ0n) is 10.4. The van der Waals surface area contributed by atoms with Crippen LogP contribution in [0.25, 0.3) is 16.5 Å². The number of rotatable bonds is 2. The fraction of sp³-hybridized carbons (Fsp3) is 0.154. The van der Waals surface area contributed by atoms with E-state index in [1.807, 2.05) is 0 Å². The minimum absolute atomic E-state index is 0.206. The molecule has 1 aromatic carbocycles. The second-order valence-corrected chi connectivity index (χ2v) is 4.27. The Morgan fingerprint density at radius 3 is 2.55 bits per heavy atom. The van der Waals surface area contributed by atoms with Gasteiger partial charge in [-0.15, -0.1) is 0 Å². The van der Waals surface area contributed by atoms with Crippen molar-refractivity contribution in [1.29, 1.82) is 0 Å². The maximum atomic E-state index is 12.7. The van der Waals surface area contributed by atoms with Crippen molar-refractivity contribution in [1.82, 2.24) is 4.98 Å². The smallest absolute Gasteiger partial charge is 0.404 e. The van der Waals surface area contributed by atoms with Crippen LogP contribution in [-0.2, 0) is 0 Å². The topological polar surface area (TPSA) is 90.9 Å². The standard InChI is InChI=1S/C13H13F3N4/c14-13(15,16)12(19)9(6-17)7-1-2-11-8(5-7)10(18)3-4-20-11/h1-6,12H,17,19H2,(H2,18,20)/b9-6-. The number of nitrogen functional groups attached to an aromatic ring is 1. The largest absolute Gasteiger partial charge is 0.407 e. The van der Waals surface area contributed by atoms with E-state index in [1.54, 1.807) is 12.1 Å². The van der Waals surface area contributed by atoms with Gasteiger partial charge in [-0.3, -0.25) is 4.98 Å². The maximum Gasteiger partial charge on any atom is 0.407 e. The molecule has 0 saturated carbocycles. The highest BCUT2D eigenvalue weighted by Gasteiger charge is 2.39. The summed E-state index contributed by atoms with van der Waals surface area (Å²) in [4.78, 5) is 4.08. The molecule has 0 aliphatic heterocycles. The summed E-state index contributed by atoms with van der Waals surface area (Å²) in [6.07, 6.45) is -2.18. The molecule has 0 amide bonds. The van der Waals surface area contributed by atoms with Gasteiger partial charge in [-0.05, 0) is 30.0 Å². The zero-order chi connectivity index (χ0) is 14.9. The first-order chi connectivity index (χ1) is 9.34. The summed E-state index contributed by atoms with van der Waals surface area (Å²) >= 11 is 0. The van der Waals surface area contributed by atoms with Crippen molar-refractivity contribution in [2.45, 2.75) is 12.2 Å². The number of benzene rings is 1. The molecular weight excluding hydrogens is 269 g/mol. The highest BCUT2D eigenvalue weighted by Crippen LogP contribution is 2.31. The molecule has 20 heavy (non-hydrogen) atoms. The first-order valence-electron chi connectivity index (χ1n) is 5.73. The lowest BCUT2D eigenvalue weighted by molar-refractivity contribution is -0.134. The molecular formula is C13H13F3N4. The number of alkyl halides is 3. The van der Waals surface area contributed by atoms with Crippen LogP contribution in [-0.4, -0.2) is 17.2 Å². The van der Waals surface area contributed by atoms with Gasteiger partial charge in [0.25, 0.3) is 0 Å². The van der Waals surface area contributed by atoms with Gasteiger partial charge >= 0.3 is 6.18 Å². The third-order valence-electron chi connectivity index (χ3n) is 2.98. The highest BCUT2D eigenvalue weighted by molar-refractivity contribution is 5.92. The third-order valence-corrected chi connectivity index (χ3v) is 2.98. The van der Waals surface area contributed by atoms with E-state index in [2.05, 4.69) is 4.98 Å². The number of nitrogens with two attached hydrogens (primary N) is 3. The first-order valence-corrected chi connectivity index (χ1v) is 5.73. The second kappa shape index (κ2) is 5.01. The number of anilines is 1. The Morgan fingerprint density at radius 2 is 1.95 bits per heavy atom. The van der Waals surface area contributed by atoms with E-state index in [-0.39, 0.29) is 11.1 Å². The molecule has 2 aromatic rings. The predicted molar refractivity (Wildman–Crippen MR) is 72.4 cm³/mol. The monoisotopic (exact) mass is 282 g/mol. The average Bonchev–Trinajstić information content (AvgIpc) is 2.39. The Hall–Kier alpha value is -2.28. The zero-order valence-corrected chi connectivity index (χ0v) is 10.4. The Labute approximate surface area is 113 Å². The Balaban J connectivity index is 2.54. The van der Waals surface area contributed by atoms with Gasteiger partial charge in [0.05, 0.1) is 5.52 Å². The third kappa shape index (κ3) is 2.53. The molecule has 0 spiro atoms. The molecule has 106 valence electrons. The Kier molecular flexibility index (Phi) is 3.54. The van der Waals surface area contributed by atoms with Gasteiger partial charge < -0.3 is 17.2 Å². The number of hydrogen-bond acceptors (Lipinski definition) is 4. The van der Waals surface area contributed by atoms with E-state index in [4.69, 9.17) is 17.2 Å². The quantitative estimate of drug-likeness (QED) is 0.785. The van der Waals surface area contributed by atoms with Crippen LogP contribution in [0, 0.1) is 0 Å². The van der Waals surface area contributed by atoms with Crippen molar-refractivity contribution in [2.24, 2.45) is 11.5 Å². The lowest BCUT2D eigenvalue weighted by Crippen LogP contribution is -2.38. The Morgan fingerprint density at radius 1 is 1.25 bits per heavy atom. The van der Waals surface area contributed by atoms with Crippen molar-refractivity contribution in [3.8, 4) is 0 Å². The lowest BCUT2D eigenvalue weighted by Gasteiger charge is -2.19. The number of nitrogens with zero attached hydrogens (tertiary/aromatic N) is 1. The summed E-state index contributed by atoms with van der Waals surface area (Å²) in [5.41, 5.74) is 17.4. The number of aromatic nitrogens is 1. The second-order valence-electron chi connectivity index (χ2n) is 4.27. The molecule has 0 radical (unpaired) electrons. The van der Waals surface area contributed by atoms with Crippen LogP contribution in [0.15, 0.2) is 36.7 Å². The van der Waals surface area contributed by atoms with Gasteiger partial charge in [-0.25, -0.2) is 0 Å². The number of halogens is 3. The molecule has 1 heterocycles. The van der Waals surface area contributed by atoms with Gasteiger partial charge in [-0.2, -0.15) is 13.2 Å². The van der Waals surface area contributed by atoms with Crippen LogP contribution in [0.3, 0.4) is 0 Å². The van der Waals surface area contributed by atoms with Crippen LogP contribution < -0.4 is 17.2 Å². The average molecular weight is 282 g/mol. The van der Waals surface area contributed by atoms with Crippen molar-refractivity contribution >= 4 is 22.2 Å². The van der Waals surface area contributed by atoms with Crippen LogP contribution in [0.1, 0.15) is 5.56 Å². The number of pyridine rings is 1. The molecule has 0 aliphatic rings. The first kappa shape index (κ1) is 14.1. The van der Waals surface area contributed by atoms with E-state index < -0.39 is 12.2 Å². The molecule has 0 bridgehead atoms. The van der Waals surface area contributed by atoms with E-state index in [0.717, 1.165) is 6.20 Å². The minimum Gasteiger partial charge on any atom is -0.404 e. The van der Waals surface area contributed by atoms with Gasteiger partial charge in [0.1, 0.15) is 6.04 Å². The van der Waals surface area contributed by atoms with E-state index >= 15 is 0 Å². The SMILES string of the molecule is N/C=C(/c1ccc2nccc(N)c2c1)C(N)C(F)(F)F. The van der Waals surface area contributed by atoms with Gasteiger partial charge in [-0.1, -0.05) is 6.07 Å². The van der Waals surface area contributed by atoms with Gasteiger partial charge in [0, 0.05) is 22.8 Å². The summed E-state index contributed by atoms with van der Waals surface area (Å²) in [6, 6.07) is 3.99. The molecule has 0 saturated heterocycles. The van der Waals surface area contributed by atoms with Crippen molar-refractivity contribution in [3.63, 3.8) is 0 Å². The minimum atomic E-state index is -4.57. The summed E-state index contributed by atoms with van der Waals surface area (Å²) in [7, 11) is 0. The van der Waals surface area contributed by atoms with E-state index in [0.29, 0.717) is 16.6 Å². The molecule has 1 atom stereocenters. The number of fused-ring (bicyclic) bond motifs is 1. The number of hydrogen-bond donors (Lipinski definition) is 3. The highest BCUT2D eigenvalue weighted by atomic mass is 19.4. The molecule has 4 nitrogen and oxygen atoms in total. The summed E-state index contributed by atoms with van der Waals surface area (Å²) in [6.45, 7) is 0.